The van der Waals surface area contributed by atoms with E-state index in [1.54, 1.807) is 37.4 Å². The molecule has 3 aromatic carbocycles. The minimum Gasteiger partial charge on any atom is -0.444 e. The number of carbonyl (C=O) groups is 3. The van der Waals surface area contributed by atoms with Crippen molar-refractivity contribution in [2.45, 2.75) is 78.5 Å². The Balaban J connectivity index is 2.03. The normalized spacial score (nSPS) is 12.8. The largest absolute Gasteiger partial charge is 0.444 e. The van der Waals surface area contributed by atoms with Crippen LogP contribution in [0.4, 0.5) is 10.5 Å². The zero-order valence-electron chi connectivity index (χ0n) is 26.0. The van der Waals surface area contributed by atoms with E-state index in [4.69, 9.17) is 4.74 Å². The number of nitrogens with one attached hydrogen (secondary N) is 2. The number of fused-ring (bicyclic) bond motifs is 1. The van der Waals surface area contributed by atoms with E-state index in [-0.39, 0.29) is 11.8 Å². The van der Waals surface area contributed by atoms with Crippen molar-refractivity contribution in [2.24, 2.45) is 0 Å². The summed E-state index contributed by atoms with van der Waals surface area (Å²) in [5.41, 5.74) is 2.80. The van der Waals surface area contributed by atoms with Gasteiger partial charge in [0, 0.05) is 12.2 Å². The molecule has 0 saturated heterocycles. The molecule has 7 nitrogen and oxygen atoms in total. The number of ether oxygens (including phenoxy) is 1. The van der Waals surface area contributed by atoms with Crippen LogP contribution in [0, 0.1) is 13.8 Å². The van der Waals surface area contributed by atoms with E-state index >= 15 is 0 Å². The maximum atomic E-state index is 14.3. The van der Waals surface area contributed by atoms with Gasteiger partial charge in [0.1, 0.15) is 17.7 Å². The number of alkyl carbamates (subject to hydrolysis) is 1. The van der Waals surface area contributed by atoms with Gasteiger partial charge >= 0.3 is 6.09 Å². The molecule has 0 radical (unpaired) electrons. The van der Waals surface area contributed by atoms with Crippen LogP contribution in [0.1, 0.15) is 69.7 Å². The Morgan fingerprint density at radius 3 is 2.31 bits per heavy atom. The Morgan fingerprint density at radius 1 is 0.952 bits per heavy atom. The molecular weight excluding hydrogens is 546 g/mol. The maximum absolute atomic E-state index is 14.3. The molecule has 0 aliphatic carbocycles. The molecule has 0 bridgehead atoms. The monoisotopic (exact) mass is 591 g/mol. The number of anilines is 1. The van der Waals surface area contributed by atoms with Gasteiger partial charge in [0.15, 0.2) is 0 Å². The van der Waals surface area contributed by atoms with E-state index in [2.05, 4.69) is 10.6 Å². The topological polar surface area (TPSA) is 87.7 Å². The highest BCUT2D eigenvalue weighted by atomic mass is 32.2. The highest BCUT2D eigenvalue weighted by molar-refractivity contribution is 7.98. The molecular formula is C34H45N3O4S. The van der Waals surface area contributed by atoms with Crippen LogP contribution in [0.15, 0.2) is 60.7 Å². The number of carbonyl (C=O) groups excluding carboxylic acids is 3. The predicted octanol–water partition coefficient (Wildman–Crippen LogP) is 7.41. The van der Waals surface area contributed by atoms with Crippen LogP contribution in [0.5, 0.6) is 0 Å². The smallest absolute Gasteiger partial charge is 0.408 e. The Hall–Kier alpha value is -3.52. The van der Waals surface area contributed by atoms with Gasteiger partial charge in [-0.3, -0.25) is 9.59 Å². The molecule has 2 atom stereocenters. The van der Waals surface area contributed by atoms with Gasteiger partial charge in [0.25, 0.3) is 5.91 Å². The Kier molecular flexibility index (Phi) is 11.9. The number of hydrogen-bond acceptors (Lipinski definition) is 5. The van der Waals surface area contributed by atoms with Crippen molar-refractivity contribution in [3.8, 4) is 0 Å². The summed E-state index contributed by atoms with van der Waals surface area (Å²) in [6.07, 6.45) is 3.26. The quantitative estimate of drug-likeness (QED) is 0.229. The van der Waals surface area contributed by atoms with Gasteiger partial charge in [-0.05, 0) is 99.1 Å². The number of amides is 3. The van der Waals surface area contributed by atoms with Crippen molar-refractivity contribution in [2.75, 3.05) is 23.9 Å². The minimum atomic E-state index is -0.896. The van der Waals surface area contributed by atoms with Gasteiger partial charge in [-0.15, -0.1) is 0 Å². The zero-order chi connectivity index (χ0) is 30.9. The molecule has 226 valence electrons. The summed E-state index contributed by atoms with van der Waals surface area (Å²) in [5.74, 6) is 0.0462. The number of nitrogens with zero attached hydrogens (tertiary/aromatic N) is 1. The molecule has 0 saturated carbocycles. The molecule has 2 N–H and O–H groups in total. The number of hydrogen-bond donors (Lipinski definition) is 2. The molecule has 8 heteroatoms. The second-order valence-electron chi connectivity index (χ2n) is 11.7. The van der Waals surface area contributed by atoms with Crippen molar-refractivity contribution in [3.63, 3.8) is 0 Å². The van der Waals surface area contributed by atoms with Crippen LogP contribution in [-0.4, -0.2) is 53.0 Å². The first-order valence-corrected chi connectivity index (χ1v) is 16.0. The average Bonchev–Trinajstić information content (AvgIpc) is 2.93. The van der Waals surface area contributed by atoms with E-state index in [0.717, 1.165) is 33.9 Å². The highest BCUT2D eigenvalue weighted by Gasteiger charge is 2.36. The van der Waals surface area contributed by atoms with Crippen LogP contribution in [0.3, 0.4) is 0 Å². The third-order valence-electron chi connectivity index (χ3n) is 7.06. The van der Waals surface area contributed by atoms with Crippen molar-refractivity contribution in [1.82, 2.24) is 10.2 Å². The fourth-order valence-corrected chi connectivity index (χ4v) is 5.19. The zero-order valence-corrected chi connectivity index (χ0v) is 26.8. The van der Waals surface area contributed by atoms with Crippen LogP contribution < -0.4 is 10.6 Å². The first kappa shape index (κ1) is 33.0. The lowest BCUT2D eigenvalue weighted by atomic mass is 9.97. The SMILES string of the molecule is CCCCN(C(=O)C(CCSC)NC(=O)OC(C)(C)C)C(C(=O)Nc1ccc2ccccc2c1)c1ccc(C)c(C)c1. The summed E-state index contributed by atoms with van der Waals surface area (Å²) in [4.78, 5) is 42.9. The Labute approximate surface area is 254 Å². The summed E-state index contributed by atoms with van der Waals surface area (Å²) < 4.78 is 5.49. The average molecular weight is 592 g/mol. The summed E-state index contributed by atoms with van der Waals surface area (Å²) >= 11 is 1.59. The second kappa shape index (κ2) is 15.1. The van der Waals surface area contributed by atoms with E-state index in [0.29, 0.717) is 30.8 Å². The second-order valence-corrected chi connectivity index (χ2v) is 12.6. The first-order chi connectivity index (χ1) is 19.9. The molecule has 3 rings (SSSR count). The van der Waals surface area contributed by atoms with Crippen LogP contribution in [-0.2, 0) is 14.3 Å². The maximum Gasteiger partial charge on any atom is 0.408 e. The van der Waals surface area contributed by atoms with Gasteiger partial charge in [0.2, 0.25) is 5.91 Å². The molecule has 0 aliphatic rings. The third-order valence-corrected chi connectivity index (χ3v) is 7.70. The van der Waals surface area contributed by atoms with Crippen molar-refractivity contribution >= 4 is 46.1 Å². The van der Waals surface area contributed by atoms with Gasteiger partial charge in [-0.25, -0.2) is 4.79 Å². The van der Waals surface area contributed by atoms with Crippen molar-refractivity contribution in [1.29, 1.82) is 0 Å². The van der Waals surface area contributed by atoms with E-state index in [1.165, 1.54) is 0 Å². The molecule has 2 unspecified atom stereocenters. The predicted molar refractivity (Wildman–Crippen MR) is 174 cm³/mol. The number of benzene rings is 3. The summed E-state index contributed by atoms with van der Waals surface area (Å²) in [7, 11) is 0. The number of unbranched alkanes of at least 4 members (excludes halogenated alkanes) is 1. The van der Waals surface area contributed by atoms with Crippen LogP contribution in [0.2, 0.25) is 0 Å². The fraction of sp³-hybridized carbons (Fsp3) is 0.441. The Bertz CT molecular complexity index is 1380. The van der Waals surface area contributed by atoms with E-state index < -0.39 is 23.8 Å². The van der Waals surface area contributed by atoms with Crippen LogP contribution >= 0.6 is 11.8 Å². The molecule has 3 amide bonds. The van der Waals surface area contributed by atoms with E-state index in [1.807, 2.05) is 87.7 Å². The number of aryl methyl sites for hydroxylation is 2. The number of rotatable bonds is 12. The number of thioether (sulfide) groups is 1. The lowest BCUT2D eigenvalue weighted by Gasteiger charge is -2.35. The molecule has 0 aliphatic heterocycles. The van der Waals surface area contributed by atoms with Gasteiger partial charge in [0.05, 0.1) is 0 Å². The summed E-state index contributed by atoms with van der Waals surface area (Å²) in [6, 6.07) is 17.9. The summed E-state index contributed by atoms with van der Waals surface area (Å²) in [5, 5.41) is 7.97. The molecule has 42 heavy (non-hydrogen) atoms. The van der Waals surface area contributed by atoms with Crippen LogP contribution in [0.25, 0.3) is 10.8 Å². The minimum absolute atomic E-state index is 0.305. The lowest BCUT2D eigenvalue weighted by molar-refractivity contribution is -0.141. The van der Waals surface area contributed by atoms with Gasteiger partial charge in [-0.1, -0.05) is 61.9 Å². The van der Waals surface area contributed by atoms with Crippen molar-refractivity contribution in [3.05, 3.63) is 77.4 Å². The van der Waals surface area contributed by atoms with Gasteiger partial charge < -0.3 is 20.3 Å². The lowest BCUT2D eigenvalue weighted by Crippen LogP contribution is -2.52. The van der Waals surface area contributed by atoms with E-state index in [9.17, 15) is 14.4 Å². The molecule has 3 aromatic rings. The molecule has 0 fully saturated rings. The molecule has 0 aromatic heterocycles. The molecule has 0 spiro atoms. The third kappa shape index (κ3) is 9.24. The highest BCUT2D eigenvalue weighted by Crippen LogP contribution is 2.28. The standard InChI is InChI=1S/C34H45N3O4S/c1-8-9-19-37(32(39)29(18-20-42-7)36-33(40)41-34(4,5)6)30(27-15-14-23(2)24(3)21-27)31(38)35-28-17-16-25-12-10-11-13-26(25)22-28/h10-17,21-22,29-30H,8-9,18-20H2,1-7H3,(H,35,38)(H,36,40). The first-order valence-electron chi connectivity index (χ1n) is 14.6. The summed E-state index contributed by atoms with van der Waals surface area (Å²) in [6.45, 7) is 11.8. The molecule has 0 heterocycles. The Morgan fingerprint density at radius 2 is 1.67 bits per heavy atom. The van der Waals surface area contributed by atoms with Crippen molar-refractivity contribution < 1.29 is 19.1 Å². The van der Waals surface area contributed by atoms with Gasteiger partial charge in [-0.2, -0.15) is 11.8 Å². The fourth-order valence-electron chi connectivity index (χ4n) is 4.72.